The van der Waals surface area contributed by atoms with E-state index in [2.05, 4.69) is 25.2 Å². The van der Waals surface area contributed by atoms with Crippen LogP contribution < -0.4 is 10.2 Å². The number of amides is 1. The maximum absolute atomic E-state index is 12.5. The van der Waals surface area contributed by atoms with E-state index in [1.165, 1.54) is 0 Å². The second-order valence-corrected chi connectivity index (χ2v) is 6.64. The Morgan fingerprint density at radius 2 is 2.12 bits per heavy atom. The third-order valence-electron chi connectivity index (χ3n) is 4.89. The molecule has 1 N–H and O–H groups in total. The Balaban J connectivity index is 1.35. The van der Waals surface area contributed by atoms with Gasteiger partial charge in [-0.3, -0.25) is 9.78 Å². The average molecular weight is 350 g/mol. The van der Waals surface area contributed by atoms with Gasteiger partial charge in [0.1, 0.15) is 11.5 Å². The summed E-state index contributed by atoms with van der Waals surface area (Å²) in [5.74, 6) is 0.954. The van der Waals surface area contributed by atoms with E-state index in [1.54, 1.807) is 18.6 Å². The van der Waals surface area contributed by atoms with Crippen molar-refractivity contribution in [2.45, 2.75) is 32.2 Å². The summed E-state index contributed by atoms with van der Waals surface area (Å²) in [5.41, 5.74) is 2.74. The van der Waals surface area contributed by atoms with Gasteiger partial charge in [0, 0.05) is 37.7 Å². The van der Waals surface area contributed by atoms with Gasteiger partial charge in [0.2, 0.25) is 5.91 Å². The topological polar surface area (TPSA) is 75.4 Å². The Kier molecular flexibility index (Phi) is 4.51. The quantitative estimate of drug-likeness (QED) is 0.776. The number of pyridine rings is 1. The van der Waals surface area contributed by atoms with Crippen molar-refractivity contribution in [1.82, 2.24) is 24.7 Å². The number of aryl methyl sites for hydroxylation is 1. The van der Waals surface area contributed by atoms with Crippen molar-refractivity contribution in [3.8, 4) is 0 Å². The molecule has 1 fully saturated rings. The van der Waals surface area contributed by atoms with Gasteiger partial charge in [-0.2, -0.15) is 0 Å². The van der Waals surface area contributed by atoms with Crippen LogP contribution in [0.25, 0.3) is 5.65 Å². The molecule has 26 heavy (non-hydrogen) atoms. The van der Waals surface area contributed by atoms with Crippen LogP contribution in [0.1, 0.15) is 24.2 Å². The first-order valence-electron chi connectivity index (χ1n) is 8.93. The number of carbonyl (C=O) groups excluding carboxylic acids is 1. The van der Waals surface area contributed by atoms with Gasteiger partial charge in [-0.15, -0.1) is 0 Å². The molecule has 0 aromatic carbocycles. The van der Waals surface area contributed by atoms with Crippen LogP contribution in [0, 0.1) is 6.92 Å². The summed E-state index contributed by atoms with van der Waals surface area (Å²) < 4.78 is 1.99. The monoisotopic (exact) mass is 350 g/mol. The van der Waals surface area contributed by atoms with E-state index in [4.69, 9.17) is 0 Å². The predicted molar refractivity (Wildman–Crippen MR) is 99.0 cm³/mol. The maximum Gasteiger partial charge on any atom is 0.226 e. The van der Waals surface area contributed by atoms with Gasteiger partial charge in [-0.25, -0.2) is 9.97 Å². The number of rotatable bonds is 4. The molecular weight excluding hydrogens is 328 g/mol. The Labute approximate surface area is 152 Å². The maximum atomic E-state index is 12.5. The zero-order valence-electron chi connectivity index (χ0n) is 14.8. The number of fused-ring (bicyclic) bond motifs is 1. The summed E-state index contributed by atoms with van der Waals surface area (Å²) in [6, 6.07) is 6.07. The first-order valence-corrected chi connectivity index (χ1v) is 8.93. The molecule has 7 heteroatoms. The summed E-state index contributed by atoms with van der Waals surface area (Å²) >= 11 is 0. The minimum absolute atomic E-state index is 0.0525. The predicted octanol–water partition coefficient (Wildman–Crippen LogP) is 1.76. The second kappa shape index (κ2) is 7.11. The first kappa shape index (κ1) is 16.5. The van der Waals surface area contributed by atoms with E-state index in [0.29, 0.717) is 6.42 Å². The fraction of sp³-hybridized carbons (Fsp3) is 0.368. The lowest BCUT2D eigenvalue weighted by atomic mass is 10.0. The Bertz CT molecular complexity index is 899. The van der Waals surface area contributed by atoms with Gasteiger partial charge in [-0.1, -0.05) is 6.07 Å². The molecule has 0 saturated carbocycles. The molecule has 0 bridgehead atoms. The second-order valence-electron chi connectivity index (χ2n) is 6.64. The zero-order chi connectivity index (χ0) is 17.9. The van der Waals surface area contributed by atoms with Crippen molar-refractivity contribution in [2.24, 2.45) is 0 Å². The van der Waals surface area contributed by atoms with E-state index in [-0.39, 0.29) is 11.9 Å². The number of imidazole rings is 1. The van der Waals surface area contributed by atoms with Gasteiger partial charge in [0.15, 0.2) is 0 Å². The standard InChI is InChI=1S/C19H22N6O/c1-14-16(25-9-3-2-4-17(25)22-14)12-19(26)23-15-5-10-24(11-6-15)18-13-20-7-8-21-18/h2-4,7-9,13,15H,5-6,10-12H2,1H3,(H,23,26). The molecular formula is C19H22N6O. The molecule has 0 aliphatic carbocycles. The van der Waals surface area contributed by atoms with E-state index in [1.807, 2.05) is 35.7 Å². The molecule has 0 spiro atoms. The Morgan fingerprint density at radius 3 is 2.88 bits per heavy atom. The lowest BCUT2D eigenvalue weighted by Gasteiger charge is -2.32. The van der Waals surface area contributed by atoms with Crippen LogP contribution in [0.3, 0.4) is 0 Å². The van der Waals surface area contributed by atoms with Gasteiger partial charge in [-0.05, 0) is 31.9 Å². The molecule has 0 radical (unpaired) electrons. The summed E-state index contributed by atoms with van der Waals surface area (Å²) in [7, 11) is 0. The van der Waals surface area contributed by atoms with Crippen LogP contribution >= 0.6 is 0 Å². The number of anilines is 1. The average Bonchev–Trinajstić information content (AvgIpc) is 2.98. The zero-order valence-corrected chi connectivity index (χ0v) is 14.8. The van der Waals surface area contributed by atoms with Crippen molar-refractivity contribution < 1.29 is 4.79 Å². The van der Waals surface area contributed by atoms with E-state index in [0.717, 1.165) is 48.8 Å². The van der Waals surface area contributed by atoms with Crippen molar-refractivity contribution in [3.05, 3.63) is 54.4 Å². The molecule has 134 valence electrons. The third-order valence-corrected chi connectivity index (χ3v) is 4.89. The fourth-order valence-electron chi connectivity index (χ4n) is 3.52. The molecule has 1 aliphatic rings. The van der Waals surface area contributed by atoms with Crippen molar-refractivity contribution in [3.63, 3.8) is 0 Å². The van der Waals surface area contributed by atoms with Crippen molar-refractivity contribution in [2.75, 3.05) is 18.0 Å². The van der Waals surface area contributed by atoms with Crippen molar-refractivity contribution >= 4 is 17.4 Å². The highest BCUT2D eigenvalue weighted by Crippen LogP contribution is 2.17. The highest BCUT2D eigenvalue weighted by atomic mass is 16.1. The highest BCUT2D eigenvalue weighted by Gasteiger charge is 2.22. The highest BCUT2D eigenvalue weighted by molar-refractivity contribution is 5.79. The molecule has 3 aromatic heterocycles. The van der Waals surface area contributed by atoms with Crippen molar-refractivity contribution in [1.29, 1.82) is 0 Å². The summed E-state index contributed by atoms with van der Waals surface area (Å²) in [6.45, 7) is 3.70. The molecule has 0 unspecified atom stereocenters. The largest absolute Gasteiger partial charge is 0.355 e. The van der Waals surface area contributed by atoms with Crippen LogP contribution in [-0.2, 0) is 11.2 Å². The minimum atomic E-state index is 0.0525. The lowest BCUT2D eigenvalue weighted by molar-refractivity contribution is -0.121. The fourth-order valence-corrected chi connectivity index (χ4v) is 3.52. The SMILES string of the molecule is Cc1nc2ccccn2c1CC(=O)NC1CCN(c2cnccn2)CC1. The number of carbonyl (C=O) groups is 1. The van der Waals surface area contributed by atoms with Crippen LogP contribution in [0.5, 0.6) is 0 Å². The molecule has 4 heterocycles. The van der Waals surface area contributed by atoms with Crippen LogP contribution in [0.2, 0.25) is 0 Å². The van der Waals surface area contributed by atoms with Crippen LogP contribution in [0.15, 0.2) is 43.0 Å². The molecule has 4 rings (SSSR count). The molecule has 7 nitrogen and oxygen atoms in total. The molecule has 1 aliphatic heterocycles. The summed E-state index contributed by atoms with van der Waals surface area (Å²) in [5, 5.41) is 3.18. The molecule has 3 aromatic rings. The third kappa shape index (κ3) is 3.37. The van der Waals surface area contributed by atoms with Crippen LogP contribution in [0.4, 0.5) is 5.82 Å². The number of aromatic nitrogens is 4. The lowest BCUT2D eigenvalue weighted by Crippen LogP contribution is -2.45. The summed E-state index contributed by atoms with van der Waals surface area (Å²) in [4.78, 5) is 27.7. The van der Waals surface area contributed by atoms with Crippen LogP contribution in [-0.4, -0.2) is 44.4 Å². The Morgan fingerprint density at radius 1 is 1.27 bits per heavy atom. The Hall–Kier alpha value is -2.96. The number of nitrogens with zero attached hydrogens (tertiary/aromatic N) is 5. The van der Waals surface area contributed by atoms with Gasteiger partial charge in [0.25, 0.3) is 0 Å². The normalized spacial score (nSPS) is 15.3. The molecule has 1 saturated heterocycles. The van der Waals surface area contributed by atoms with Gasteiger partial charge >= 0.3 is 0 Å². The van der Waals surface area contributed by atoms with E-state index in [9.17, 15) is 4.79 Å². The smallest absolute Gasteiger partial charge is 0.226 e. The minimum Gasteiger partial charge on any atom is -0.355 e. The number of hydrogen-bond donors (Lipinski definition) is 1. The van der Waals surface area contributed by atoms with Gasteiger partial charge in [0.05, 0.1) is 24.0 Å². The first-order chi connectivity index (χ1) is 12.7. The van der Waals surface area contributed by atoms with E-state index < -0.39 is 0 Å². The van der Waals surface area contributed by atoms with Gasteiger partial charge < -0.3 is 14.6 Å². The number of nitrogens with one attached hydrogen (secondary N) is 1. The number of piperidine rings is 1. The summed E-state index contributed by atoms with van der Waals surface area (Å²) in [6.07, 6.45) is 9.30. The molecule has 0 atom stereocenters. The molecule has 1 amide bonds. The van der Waals surface area contributed by atoms with E-state index >= 15 is 0 Å². The number of hydrogen-bond acceptors (Lipinski definition) is 5.